The first-order chi connectivity index (χ1) is 14.2. The zero-order valence-corrected chi connectivity index (χ0v) is 16.7. The first-order valence-corrected chi connectivity index (χ1v) is 10.1. The SMILES string of the molecule is Cc1cc(NCc2ccc(F)cc2)nc(Nc2ccc(N3CCCCC3)cc2)n1. The maximum absolute atomic E-state index is 13.0. The average molecular weight is 391 g/mol. The van der Waals surface area contributed by atoms with E-state index in [4.69, 9.17) is 0 Å². The van der Waals surface area contributed by atoms with Crippen molar-refractivity contribution in [2.24, 2.45) is 0 Å². The molecule has 1 aliphatic rings. The molecule has 0 saturated carbocycles. The highest BCUT2D eigenvalue weighted by Crippen LogP contribution is 2.23. The molecule has 0 amide bonds. The van der Waals surface area contributed by atoms with Crippen LogP contribution in [-0.2, 0) is 6.54 Å². The van der Waals surface area contributed by atoms with Crippen LogP contribution in [0, 0.1) is 12.7 Å². The van der Waals surface area contributed by atoms with Crippen molar-refractivity contribution >= 4 is 23.1 Å². The van der Waals surface area contributed by atoms with E-state index in [1.165, 1.54) is 37.1 Å². The Hall–Kier alpha value is -3.15. The molecular formula is C23H26FN5. The standard InChI is InChI=1S/C23H26FN5/c1-17-15-22(25-16-18-5-7-19(24)8-6-18)28-23(26-17)27-20-9-11-21(12-10-20)29-13-3-2-4-14-29/h5-12,15H,2-4,13-14,16H2,1H3,(H2,25,26,27,28). The molecular weight excluding hydrogens is 365 g/mol. The lowest BCUT2D eigenvalue weighted by Gasteiger charge is -2.28. The van der Waals surface area contributed by atoms with E-state index in [-0.39, 0.29) is 5.82 Å². The third-order valence-corrected chi connectivity index (χ3v) is 5.09. The van der Waals surface area contributed by atoms with E-state index < -0.39 is 0 Å². The molecule has 2 heterocycles. The lowest BCUT2D eigenvalue weighted by Crippen LogP contribution is -2.29. The monoisotopic (exact) mass is 391 g/mol. The van der Waals surface area contributed by atoms with Gasteiger partial charge in [0.15, 0.2) is 0 Å². The molecule has 29 heavy (non-hydrogen) atoms. The van der Waals surface area contributed by atoms with E-state index in [9.17, 15) is 4.39 Å². The third kappa shape index (κ3) is 5.22. The van der Waals surface area contributed by atoms with Crippen LogP contribution in [-0.4, -0.2) is 23.1 Å². The minimum atomic E-state index is -0.232. The summed E-state index contributed by atoms with van der Waals surface area (Å²) >= 11 is 0. The van der Waals surface area contributed by atoms with Gasteiger partial charge in [-0.2, -0.15) is 4.98 Å². The molecule has 1 saturated heterocycles. The van der Waals surface area contributed by atoms with Crippen molar-refractivity contribution in [3.63, 3.8) is 0 Å². The predicted octanol–water partition coefficient (Wildman–Crippen LogP) is 5.27. The summed E-state index contributed by atoms with van der Waals surface area (Å²) in [5.74, 6) is 1.05. The van der Waals surface area contributed by atoms with Crippen molar-refractivity contribution in [1.82, 2.24) is 9.97 Å². The van der Waals surface area contributed by atoms with Crippen LogP contribution in [0.3, 0.4) is 0 Å². The van der Waals surface area contributed by atoms with Gasteiger partial charge in [0.25, 0.3) is 0 Å². The second-order valence-electron chi connectivity index (χ2n) is 7.42. The summed E-state index contributed by atoms with van der Waals surface area (Å²) in [7, 11) is 0. The highest BCUT2D eigenvalue weighted by atomic mass is 19.1. The molecule has 0 atom stereocenters. The molecule has 2 aromatic carbocycles. The summed E-state index contributed by atoms with van der Waals surface area (Å²) in [5.41, 5.74) is 4.09. The Balaban J connectivity index is 1.41. The maximum Gasteiger partial charge on any atom is 0.229 e. The topological polar surface area (TPSA) is 53.1 Å². The van der Waals surface area contributed by atoms with Crippen molar-refractivity contribution in [3.8, 4) is 0 Å². The quantitative estimate of drug-likeness (QED) is 0.599. The Morgan fingerprint density at radius 2 is 1.66 bits per heavy atom. The van der Waals surface area contributed by atoms with E-state index in [0.29, 0.717) is 12.5 Å². The number of anilines is 4. The van der Waals surface area contributed by atoms with E-state index in [2.05, 4.69) is 49.8 Å². The normalized spacial score (nSPS) is 13.9. The van der Waals surface area contributed by atoms with Gasteiger partial charge in [0.1, 0.15) is 11.6 Å². The van der Waals surface area contributed by atoms with Gasteiger partial charge in [-0.15, -0.1) is 0 Å². The van der Waals surface area contributed by atoms with Crippen LogP contribution in [0.5, 0.6) is 0 Å². The van der Waals surface area contributed by atoms with Crippen LogP contribution in [0.15, 0.2) is 54.6 Å². The Bertz CT molecular complexity index is 934. The lowest BCUT2D eigenvalue weighted by atomic mass is 10.1. The van der Waals surface area contributed by atoms with Gasteiger partial charge < -0.3 is 15.5 Å². The highest BCUT2D eigenvalue weighted by Gasteiger charge is 2.11. The number of hydrogen-bond acceptors (Lipinski definition) is 5. The van der Waals surface area contributed by atoms with Gasteiger partial charge in [0.2, 0.25) is 5.95 Å². The third-order valence-electron chi connectivity index (χ3n) is 5.09. The van der Waals surface area contributed by atoms with Gasteiger partial charge in [-0.1, -0.05) is 12.1 Å². The Morgan fingerprint density at radius 1 is 0.931 bits per heavy atom. The van der Waals surface area contributed by atoms with Gasteiger partial charge >= 0.3 is 0 Å². The molecule has 2 N–H and O–H groups in total. The first-order valence-electron chi connectivity index (χ1n) is 10.1. The molecule has 5 nitrogen and oxygen atoms in total. The largest absolute Gasteiger partial charge is 0.372 e. The zero-order chi connectivity index (χ0) is 20.1. The van der Waals surface area contributed by atoms with Crippen molar-refractivity contribution in [2.75, 3.05) is 28.6 Å². The molecule has 150 valence electrons. The fraction of sp³-hybridized carbons (Fsp3) is 0.304. The van der Waals surface area contributed by atoms with Crippen LogP contribution >= 0.6 is 0 Å². The number of aromatic nitrogens is 2. The van der Waals surface area contributed by atoms with Crippen LogP contribution < -0.4 is 15.5 Å². The minimum absolute atomic E-state index is 0.232. The number of halogens is 1. The summed E-state index contributed by atoms with van der Waals surface area (Å²) < 4.78 is 13.0. The summed E-state index contributed by atoms with van der Waals surface area (Å²) in [4.78, 5) is 11.5. The van der Waals surface area contributed by atoms with Crippen LogP contribution in [0.25, 0.3) is 0 Å². The molecule has 0 radical (unpaired) electrons. The van der Waals surface area contributed by atoms with Crippen LogP contribution in [0.1, 0.15) is 30.5 Å². The fourth-order valence-corrected chi connectivity index (χ4v) is 3.55. The number of aryl methyl sites for hydroxylation is 1. The molecule has 1 aliphatic heterocycles. The first kappa shape index (κ1) is 19.2. The van der Waals surface area contributed by atoms with Crippen molar-refractivity contribution in [3.05, 3.63) is 71.7 Å². The number of hydrogen-bond donors (Lipinski definition) is 2. The highest BCUT2D eigenvalue weighted by molar-refractivity contribution is 5.60. The van der Waals surface area contributed by atoms with E-state index in [0.717, 1.165) is 35.9 Å². The van der Waals surface area contributed by atoms with Crippen LogP contribution in [0.4, 0.5) is 27.5 Å². The lowest BCUT2D eigenvalue weighted by molar-refractivity contribution is 0.578. The predicted molar refractivity (Wildman–Crippen MR) is 116 cm³/mol. The number of benzene rings is 2. The van der Waals surface area contributed by atoms with Crippen molar-refractivity contribution in [2.45, 2.75) is 32.7 Å². The van der Waals surface area contributed by atoms with Gasteiger partial charge in [-0.05, 0) is 68.1 Å². The van der Waals surface area contributed by atoms with E-state index in [1.54, 1.807) is 12.1 Å². The second-order valence-corrected chi connectivity index (χ2v) is 7.42. The number of rotatable bonds is 6. The van der Waals surface area contributed by atoms with Gasteiger partial charge in [-0.25, -0.2) is 9.37 Å². The molecule has 6 heteroatoms. The smallest absolute Gasteiger partial charge is 0.229 e. The van der Waals surface area contributed by atoms with Crippen LogP contribution in [0.2, 0.25) is 0 Å². The van der Waals surface area contributed by atoms with Gasteiger partial charge in [-0.3, -0.25) is 0 Å². The van der Waals surface area contributed by atoms with Crippen molar-refractivity contribution < 1.29 is 4.39 Å². The van der Waals surface area contributed by atoms with Gasteiger partial charge in [0.05, 0.1) is 0 Å². The summed E-state index contributed by atoms with van der Waals surface area (Å²) in [6.45, 7) is 4.78. The molecule has 4 rings (SSSR count). The number of nitrogens with zero attached hydrogens (tertiary/aromatic N) is 3. The number of piperidine rings is 1. The molecule has 1 fully saturated rings. The zero-order valence-electron chi connectivity index (χ0n) is 16.7. The summed E-state index contributed by atoms with van der Waals surface area (Å²) in [5, 5.41) is 6.57. The molecule has 1 aromatic heterocycles. The summed E-state index contributed by atoms with van der Waals surface area (Å²) in [6.07, 6.45) is 3.87. The Morgan fingerprint density at radius 3 is 2.38 bits per heavy atom. The van der Waals surface area contributed by atoms with E-state index in [1.807, 2.05) is 13.0 Å². The molecule has 0 spiro atoms. The molecule has 0 aliphatic carbocycles. The fourth-order valence-electron chi connectivity index (χ4n) is 3.55. The Labute approximate surface area is 171 Å². The second kappa shape index (κ2) is 8.90. The molecule has 0 unspecified atom stereocenters. The van der Waals surface area contributed by atoms with E-state index >= 15 is 0 Å². The molecule has 3 aromatic rings. The average Bonchev–Trinajstić information content (AvgIpc) is 2.74. The Kier molecular flexibility index (Phi) is 5.89. The van der Waals surface area contributed by atoms with Crippen molar-refractivity contribution in [1.29, 1.82) is 0 Å². The minimum Gasteiger partial charge on any atom is -0.372 e. The summed E-state index contributed by atoms with van der Waals surface area (Å²) in [6, 6.07) is 16.8. The van der Waals surface area contributed by atoms with Gasteiger partial charge in [0, 0.05) is 42.8 Å². The molecule has 0 bridgehead atoms. The number of nitrogens with one attached hydrogen (secondary N) is 2. The maximum atomic E-state index is 13.0.